The predicted molar refractivity (Wildman–Crippen MR) is 74.4 cm³/mol. The van der Waals surface area contributed by atoms with Crippen molar-refractivity contribution in [3.05, 3.63) is 29.6 Å². The molecule has 1 heterocycles. The summed E-state index contributed by atoms with van der Waals surface area (Å²) in [5, 5.41) is 0. The fourth-order valence-electron chi connectivity index (χ4n) is 2.19. The van der Waals surface area contributed by atoms with Gasteiger partial charge >= 0.3 is 0 Å². The first-order valence-electron chi connectivity index (χ1n) is 6.07. The highest BCUT2D eigenvalue weighted by molar-refractivity contribution is 5.62. The lowest BCUT2D eigenvalue weighted by atomic mass is 10.2. The number of hydrogen-bond acceptors (Lipinski definition) is 4. The number of aromatic nitrogens is 2. The molecule has 19 heavy (non-hydrogen) atoms. The van der Waals surface area contributed by atoms with Crippen LogP contribution in [0.2, 0.25) is 0 Å². The standard InChI is InChI=1S/C14H19N3O2/c1-9-11(8-15)17(2)14(16-9)10-5-6-12(18-3)13(7-10)19-4/h5-7H,8,15H2,1-4H3. The van der Waals surface area contributed by atoms with Gasteiger partial charge in [0.15, 0.2) is 11.5 Å². The van der Waals surface area contributed by atoms with E-state index in [0.29, 0.717) is 18.0 Å². The summed E-state index contributed by atoms with van der Waals surface area (Å²) in [5.74, 6) is 2.27. The van der Waals surface area contributed by atoms with Gasteiger partial charge in [-0.25, -0.2) is 4.98 Å². The van der Waals surface area contributed by atoms with Crippen molar-refractivity contribution in [3.63, 3.8) is 0 Å². The third-order valence-corrected chi connectivity index (χ3v) is 3.25. The molecule has 0 bridgehead atoms. The second-order valence-corrected chi connectivity index (χ2v) is 4.30. The van der Waals surface area contributed by atoms with Gasteiger partial charge in [-0.2, -0.15) is 0 Å². The van der Waals surface area contributed by atoms with Crippen LogP contribution in [-0.4, -0.2) is 23.8 Å². The first-order chi connectivity index (χ1) is 9.12. The van der Waals surface area contributed by atoms with Crippen molar-refractivity contribution >= 4 is 0 Å². The maximum atomic E-state index is 5.74. The molecule has 0 unspecified atom stereocenters. The molecule has 0 aliphatic rings. The SMILES string of the molecule is COc1ccc(-c2nc(C)c(CN)n2C)cc1OC. The van der Waals surface area contributed by atoms with Crippen LogP contribution in [0.5, 0.6) is 11.5 Å². The van der Waals surface area contributed by atoms with Crippen molar-refractivity contribution < 1.29 is 9.47 Å². The molecule has 2 rings (SSSR count). The first-order valence-corrected chi connectivity index (χ1v) is 6.07. The highest BCUT2D eigenvalue weighted by atomic mass is 16.5. The summed E-state index contributed by atoms with van der Waals surface area (Å²) in [6, 6.07) is 5.75. The van der Waals surface area contributed by atoms with E-state index >= 15 is 0 Å². The van der Waals surface area contributed by atoms with Crippen molar-refractivity contribution in [1.29, 1.82) is 0 Å². The molecule has 102 valence electrons. The Labute approximate surface area is 113 Å². The van der Waals surface area contributed by atoms with Gasteiger partial charge in [0.1, 0.15) is 5.82 Å². The molecular formula is C14H19N3O2. The molecule has 1 aromatic carbocycles. The third kappa shape index (κ3) is 2.29. The number of nitrogens with zero attached hydrogens (tertiary/aromatic N) is 2. The van der Waals surface area contributed by atoms with E-state index < -0.39 is 0 Å². The van der Waals surface area contributed by atoms with E-state index in [-0.39, 0.29) is 0 Å². The quantitative estimate of drug-likeness (QED) is 0.912. The average molecular weight is 261 g/mol. The third-order valence-electron chi connectivity index (χ3n) is 3.25. The Kier molecular flexibility index (Phi) is 3.76. The molecule has 5 nitrogen and oxygen atoms in total. The van der Waals surface area contributed by atoms with Gasteiger partial charge in [-0.15, -0.1) is 0 Å². The van der Waals surface area contributed by atoms with Crippen LogP contribution in [-0.2, 0) is 13.6 Å². The molecule has 0 fully saturated rings. The fraction of sp³-hybridized carbons (Fsp3) is 0.357. The lowest BCUT2D eigenvalue weighted by Gasteiger charge is -2.10. The summed E-state index contributed by atoms with van der Waals surface area (Å²) < 4.78 is 12.6. The lowest BCUT2D eigenvalue weighted by molar-refractivity contribution is 0.355. The molecule has 0 saturated heterocycles. The van der Waals surface area contributed by atoms with Gasteiger partial charge in [-0.3, -0.25) is 0 Å². The van der Waals surface area contributed by atoms with E-state index in [9.17, 15) is 0 Å². The van der Waals surface area contributed by atoms with Gasteiger partial charge in [0.25, 0.3) is 0 Å². The van der Waals surface area contributed by atoms with Crippen molar-refractivity contribution in [2.45, 2.75) is 13.5 Å². The fourth-order valence-corrected chi connectivity index (χ4v) is 2.19. The van der Waals surface area contributed by atoms with E-state index in [1.165, 1.54) is 0 Å². The molecule has 0 spiro atoms. The number of nitrogens with two attached hydrogens (primary N) is 1. The van der Waals surface area contributed by atoms with Crippen LogP contribution in [0.3, 0.4) is 0 Å². The number of imidazole rings is 1. The van der Waals surface area contributed by atoms with Gasteiger partial charge in [-0.1, -0.05) is 0 Å². The van der Waals surface area contributed by atoms with Gasteiger partial charge in [0, 0.05) is 19.2 Å². The summed E-state index contributed by atoms with van der Waals surface area (Å²) in [7, 11) is 5.21. The summed E-state index contributed by atoms with van der Waals surface area (Å²) in [6.07, 6.45) is 0. The number of aryl methyl sites for hydroxylation is 1. The molecule has 0 atom stereocenters. The molecule has 1 aromatic heterocycles. The topological polar surface area (TPSA) is 62.3 Å². The Morgan fingerprint density at radius 3 is 2.42 bits per heavy atom. The zero-order valence-electron chi connectivity index (χ0n) is 11.7. The van der Waals surface area contributed by atoms with E-state index in [2.05, 4.69) is 4.98 Å². The molecule has 2 aromatic rings. The summed E-state index contributed by atoms with van der Waals surface area (Å²) in [4.78, 5) is 4.57. The maximum absolute atomic E-state index is 5.74. The predicted octanol–water partition coefficient (Wildman–Crippen LogP) is 1.87. The number of rotatable bonds is 4. The highest BCUT2D eigenvalue weighted by Gasteiger charge is 2.14. The highest BCUT2D eigenvalue weighted by Crippen LogP contribution is 2.32. The minimum absolute atomic E-state index is 0.475. The first kappa shape index (κ1) is 13.4. The Bertz CT molecular complexity index is 591. The normalized spacial score (nSPS) is 10.6. The van der Waals surface area contributed by atoms with Gasteiger partial charge in [0.05, 0.1) is 25.6 Å². The molecule has 0 radical (unpaired) electrons. The van der Waals surface area contributed by atoms with Crippen LogP contribution in [0.1, 0.15) is 11.4 Å². The average Bonchev–Trinajstić information content (AvgIpc) is 2.72. The van der Waals surface area contributed by atoms with Crippen molar-refractivity contribution in [3.8, 4) is 22.9 Å². The van der Waals surface area contributed by atoms with Crippen molar-refractivity contribution in [1.82, 2.24) is 9.55 Å². The second kappa shape index (κ2) is 5.32. The number of methoxy groups -OCH3 is 2. The van der Waals surface area contributed by atoms with Crippen LogP contribution in [0, 0.1) is 6.92 Å². The molecule has 5 heteroatoms. The van der Waals surface area contributed by atoms with Crippen molar-refractivity contribution in [2.24, 2.45) is 12.8 Å². The smallest absolute Gasteiger partial charge is 0.161 e. The van der Waals surface area contributed by atoms with E-state index in [4.69, 9.17) is 15.2 Å². The summed E-state index contributed by atoms with van der Waals surface area (Å²) >= 11 is 0. The molecule has 0 aliphatic heterocycles. The largest absolute Gasteiger partial charge is 0.493 e. The van der Waals surface area contributed by atoms with E-state index in [1.807, 2.05) is 36.7 Å². The second-order valence-electron chi connectivity index (χ2n) is 4.30. The molecule has 0 aliphatic carbocycles. The Morgan fingerprint density at radius 2 is 1.89 bits per heavy atom. The summed E-state index contributed by atoms with van der Waals surface area (Å²) in [6.45, 7) is 2.44. The molecular weight excluding hydrogens is 242 g/mol. The minimum Gasteiger partial charge on any atom is -0.493 e. The van der Waals surface area contributed by atoms with Crippen molar-refractivity contribution in [2.75, 3.05) is 14.2 Å². The lowest BCUT2D eigenvalue weighted by Crippen LogP contribution is -2.05. The van der Waals surface area contributed by atoms with E-state index in [0.717, 1.165) is 22.8 Å². The molecule has 2 N–H and O–H groups in total. The Morgan fingerprint density at radius 1 is 1.21 bits per heavy atom. The summed E-state index contributed by atoms with van der Waals surface area (Å²) in [5.41, 5.74) is 8.70. The zero-order valence-corrected chi connectivity index (χ0v) is 11.7. The zero-order chi connectivity index (χ0) is 14.0. The van der Waals surface area contributed by atoms with Crippen LogP contribution in [0.25, 0.3) is 11.4 Å². The Hall–Kier alpha value is -2.01. The van der Waals surface area contributed by atoms with Crippen LogP contribution >= 0.6 is 0 Å². The number of benzene rings is 1. The van der Waals surface area contributed by atoms with Crippen LogP contribution < -0.4 is 15.2 Å². The molecule has 0 saturated carbocycles. The number of hydrogen-bond donors (Lipinski definition) is 1. The monoisotopic (exact) mass is 261 g/mol. The minimum atomic E-state index is 0.475. The maximum Gasteiger partial charge on any atom is 0.161 e. The van der Waals surface area contributed by atoms with Crippen LogP contribution in [0.4, 0.5) is 0 Å². The number of ether oxygens (including phenoxy) is 2. The van der Waals surface area contributed by atoms with Gasteiger partial charge < -0.3 is 19.8 Å². The van der Waals surface area contributed by atoms with Gasteiger partial charge in [0.2, 0.25) is 0 Å². The molecule has 0 amide bonds. The Balaban J connectivity index is 2.53. The van der Waals surface area contributed by atoms with Gasteiger partial charge in [-0.05, 0) is 25.1 Å². The van der Waals surface area contributed by atoms with Crippen LogP contribution in [0.15, 0.2) is 18.2 Å². The van der Waals surface area contributed by atoms with E-state index in [1.54, 1.807) is 14.2 Å².